The fourth-order valence-electron chi connectivity index (χ4n) is 9.63. The van der Waals surface area contributed by atoms with Crippen molar-refractivity contribution in [3.05, 3.63) is 206 Å². The Hall–Kier alpha value is -8.08. The Bertz CT molecular complexity index is 3910. The SMILES string of the molecule is c1ccc2cc(-c3nc4ccccc4nc3-n3c4ccc(-c5cccc6c5c5ccccc5n6-c5ccc6ccccc6c5)cc4c4cc5ccccc5cc43)ccc2c1. The predicted molar refractivity (Wildman–Crippen MR) is 252 cm³/mol. The molecule has 0 saturated heterocycles. The van der Waals surface area contributed by atoms with Crippen molar-refractivity contribution < 1.29 is 0 Å². The first kappa shape index (κ1) is 32.9. The van der Waals surface area contributed by atoms with Gasteiger partial charge in [-0.2, -0.15) is 0 Å². The van der Waals surface area contributed by atoms with Crippen molar-refractivity contribution in [2.24, 2.45) is 0 Å². The molecule has 13 rings (SSSR count). The summed E-state index contributed by atoms with van der Waals surface area (Å²) in [7, 11) is 0. The van der Waals surface area contributed by atoms with Crippen molar-refractivity contribution in [3.8, 4) is 33.9 Å². The number of fused-ring (bicyclic) bond motifs is 10. The van der Waals surface area contributed by atoms with Gasteiger partial charge in [0.25, 0.3) is 0 Å². The van der Waals surface area contributed by atoms with Gasteiger partial charge in [0.1, 0.15) is 5.69 Å². The van der Waals surface area contributed by atoms with E-state index in [1.807, 2.05) is 12.1 Å². The molecule has 0 aliphatic heterocycles. The van der Waals surface area contributed by atoms with Gasteiger partial charge < -0.3 is 4.57 Å². The number of benzene rings is 10. The number of aromatic nitrogens is 4. The fourth-order valence-corrected chi connectivity index (χ4v) is 9.63. The van der Waals surface area contributed by atoms with Crippen LogP contribution >= 0.6 is 0 Å². The summed E-state index contributed by atoms with van der Waals surface area (Å²) in [5.41, 5.74) is 11.7. The molecule has 0 bridgehead atoms. The second kappa shape index (κ2) is 12.7. The quantitative estimate of drug-likeness (QED) is 0.179. The van der Waals surface area contributed by atoms with Gasteiger partial charge in [-0.05, 0) is 110 Å². The van der Waals surface area contributed by atoms with Crippen molar-refractivity contribution in [1.82, 2.24) is 19.1 Å². The van der Waals surface area contributed by atoms with Crippen LogP contribution in [0.3, 0.4) is 0 Å². The number of para-hydroxylation sites is 3. The zero-order valence-corrected chi connectivity index (χ0v) is 32.4. The molecule has 0 saturated carbocycles. The van der Waals surface area contributed by atoms with E-state index in [0.29, 0.717) is 0 Å². The summed E-state index contributed by atoms with van der Waals surface area (Å²) in [4.78, 5) is 10.8. The average molecular weight is 763 g/mol. The maximum Gasteiger partial charge on any atom is 0.165 e. The average Bonchev–Trinajstić information content (AvgIpc) is 3.82. The molecule has 0 spiro atoms. The molecule has 13 aromatic rings. The molecule has 3 heterocycles. The molecule has 0 radical (unpaired) electrons. The summed E-state index contributed by atoms with van der Waals surface area (Å²) >= 11 is 0. The van der Waals surface area contributed by atoms with Gasteiger partial charge in [0.2, 0.25) is 0 Å². The van der Waals surface area contributed by atoms with E-state index in [0.717, 1.165) is 44.8 Å². The lowest BCUT2D eigenvalue weighted by Gasteiger charge is -2.14. The summed E-state index contributed by atoms with van der Waals surface area (Å²) in [6, 6.07) is 74.5. The van der Waals surface area contributed by atoms with Crippen molar-refractivity contribution in [3.63, 3.8) is 0 Å². The Kier molecular flexibility index (Phi) is 6.98. The normalized spacial score (nSPS) is 12.0. The van der Waals surface area contributed by atoms with Gasteiger partial charge in [0, 0.05) is 32.8 Å². The molecular formula is C56H34N4. The smallest absolute Gasteiger partial charge is 0.165 e. The number of rotatable bonds is 4. The third-order valence-electron chi connectivity index (χ3n) is 12.4. The maximum absolute atomic E-state index is 5.46. The molecule has 0 aliphatic rings. The molecule has 3 aromatic heterocycles. The van der Waals surface area contributed by atoms with Gasteiger partial charge in [-0.15, -0.1) is 0 Å². The van der Waals surface area contributed by atoms with Gasteiger partial charge in [0.05, 0.1) is 33.1 Å². The lowest BCUT2D eigenvalue weighted by Crippen LogP contribution is -2.03. The van der Waals surface area contributed by atoms with Crippen LogP contribution in [0.15, 0.2) is 206 Å². The van der Waals surface area contributed by atoms with Crippen LogP contribution in [0.25, 0.3) is 121 Å². The van der Waals surface area contributed by atoms with Crippen molar-refractivity contribution in [2.75, 3.05) is 0 Å². The molecular weight excluding hydrogens is 729 g/mol. The first-order valence-electron chi connectivity index (χ1n) is 20.5. The number of nitrogens with zero attached hydrogens (tertiary/aromatic N) is 4. The third kappa shape index (κ3) is 4.91. The molecule has 10 aromatic carbocycles. The Morgan fingerprint density at radius 3 is 1.70 bits per heavy atom. The monoisotopic (exact) mass is 762 g/mol. The summed E-state index contributed by atoms with van der Waals surface area (Å²) in [5, 5.41) is 12.0. The fraction of sp³-hybridized carbons (Fsp3) is 0. The molecule has 0 fully saturated rings. The highest BCUT2D eigenvalue weighted by atomic mass is 15.1. The van der Waals surface area contributed by atoms with Crippen LogP contribution in [0.1, 0.15) is 0 Å². The van der Waals surface area contributed by atoms with Crippen molar-refractivity contribution in [1.29, 1.82) is 0 Å². The summed E-state index contributed by atoms with van der Waals surface area (Å²) in [6.45, 7) is 0. The largest absolute Gasteiger partial charge is 0.309 e. The minimum atomic E-state index is 0.813. The molecule has 4 heteroatoms. The lowest BCUT2D eigenvalue weighted by molar-refractivity contribution is 1.08. The van der Waals surface area contributed by atoms with E-state index in [-0.39, 0.29) is 0 Å². The highest BCUT2D eigenvalue weighted by molar-refractivity contribution is 6.18. The van der Waals surface area contributed by atoms with Crippen LogP contribution in [0.2, 0.25) is 0 Å². The topological polar surface area (TPSA) is 35.6 Å². The van der Waals surface area contributed by atoms with Gasteiger partial charge in [-0.25, -0.2) is 9.97 Å². The molecule has 4 nitrogen and oxygen atoms in total. The van der Waals surface area contributed by atoms with Crippen LogP contribution in [0, 0.1) is 0 Å². The van der Waals surface area contributed by atoms with Crippen LogP contribution in [0.4, 0.5) is 0 Å². The minimum absolute atomic E-state index is 0.813. The first-order valence-corrected chi connectivity index (χ1v) is 20.5. The Balaban J connectivity index is 1.09. The second-order valence-electron chi connectivity index (χ2n) is 15.8. The third-order valence-corrected chi connectivity index (χ3v) is 12.4. The number of hydrogen-bond acceptors (Lipinski definition) is 2. The van der Waals surface area contributed by atoms with E-state index in [1.165, 1.54) is 76.0 Å². The van der Waals surface area contributed by atoms with Gasteiger partial charge in [-0.1, -0.05) is 140 Å². The molecule has 0 atom stereocenters. The van der Waals surface area contributed by atoms with Crippen LogP contribution < -0.4 is 0 Å². The minimum Gasteiger partial charge on any atom is -0.309 e. The Morgan fingerprint density at radius 2 is 0.900 bits per heavy atom. The number of hydrogen-bond donors (Lipinski definition) is 0. The highest BCUT2D eigenvalue weighted by Gasteiger charge is 2.22. The van der Waals surface area contributed by atoms with E-state index in [9.17, 15) is 0 Å². The molecule has 0 amide bonds. The zero-order valence-electron chi connectivity index (χ0n) is 32.4. The van der Waals surface area contributed by atoms with Gasteiger partial charge in [0.15, 0.2) is 5.82 Å². The first-order chi connectivity index (χ1) is 29.7. The van der Waals surface area contributed by atoms with E-state index in [4.69, 9.17) is 9.97 Å². The second-order valence-corrected chi connectivity index (χ2v) is 15.8. The van der Waals surface area contributed by atoms with E-state index >= 15 is 0 Å². The van der Waals surface area contributed by atoms with E-state index < -0.39 is 0 Å². The van der Waals surface area contributed by atoms with Crippen LogP contribution in [-0.2, 0) is 0 Å². The molecule has 60 heavy (non-hydrogen) atoms. The Morgan fingerprint density at radius 1 is 0.317 bits per heavy atom. The summed E-state index contributed by atoms with van der Waals surface area (Å²) in [6.07, 6.45) is 0. The van der Waals surface area contributed by atoms with E-state index in [2.05, 4.69) is 203 Å². The zero-order chi connectivity index (χ0) is 39.3. The van der Waals surface area contributed by atoms with Crippen LogP contribution in [-0.4, -0.2) is 19.1 Å². The molecule has 278 valence electrons. The maximum atomic E-state index is 5.46. The standard InChI is InChI=1S/C56H34N4/c1-3-14-37-30-42(25-24-35(37)12-1)55-56(58-49-21-9-8-20-48(49)57-55)60-51-29-27-41(33-46(51)47-32-39-16-5-6-17-40(39)34-53(47)60)44-19-11-23-52-54(44)45-18-7-10-22-50(45)59(52)43-28-26-36-13-2-4-15-38(36)31-43/h1-34H. The van der Waals surface area contributed by atoms with Gasteiger partial charge in [-0.3, -0.25) is 4.57 Å². The van der Waals surface area contributed by atoms with Crippen LogP contribution in [0.5, 0.6) is 0 Å². The highest BCUT2D eigenvalue weighted by Crippen LogP contribution is 2.43. The molecule has 0 N–H and O–H groups in total. The lowest BCUT2D eigenvalue weighted by atomic mass is 9.97. The van der Waals surface area contributed by atoms with Crippen molar-refractivity contribution >= 4 is 87.0 Å². The van der Waals surface area contributed by atoms with Gasteiger partial charge >= 0.3 is 0 Å². The summed E-state index contributed by atoms with van der Waals surface area (Å²) in [5.74, 6) is 0.813. The van der Waals surface area contributed by atoms with Crippen molar-refractivity contribution in [2.45, 2.75) is 0 Å². The summed E-state index contributed by atoms with van der Waals surface area (Å²) < 4.78 is 4.76. The van der Waals surface area contributed by atoms with E-state index in [1.54, 1.807) is 0 Å². The predicted octanol–water partition coefficient (Wildman–Crippen LogP) is 14.6. The Labute approximate surface area is 344 Å². The molecule has 0 unspecified atom stereocenters. The molecule has 0 aliphatic carbocycles.